The van der Waals surface area contributed by atoms with Crippen LogP contribution in [0.1, 0.15) is 32.1 Å². The average molecular weight is 334 g/mol. The molecule has 25 heavy (non-hydrogen) atoms. The number of nitrogen functional groups attached to an aromatic ring is 1. The third kappa shape index (κ3) is 3.36. The van der Waals surface area contributed by atoms with Gasteiger partial charge in [0.25, 0.3) is 0 Å². The molecule has 1 heterocycles. The van der Waals surface area contributed by atoms with Crippen molar-refractivity contribution in [2.24, 2.45) is 0 Å². The lowest BCUT2D eigenvalue weighted by Gasteiger charge is -2.23. The Hall–Kier alpha value is -2.82. The Morgan fingerprint density at radius 2 is 1.76 bits per heavy atom. The van der Waals surface area contributed by atoms with E-state index in [1.54, 1.807) is 0 Å². The first kappa shape index (κ1) is 15.7. The van der Waals surface area contributed by atoms with Gasteiger partial charge in [0.1, 0.15) is 18.1 Å². The van der Waals surface area contributed by atoms with E-state index >= 15 is 0 Å². The second kappa shape index (κ2) is 6.97. The number of hydrogen-bond acceptors (Lipinski definition) is 5. The van der Waals surface area contributed by atoms with Gasteiger partial charge < -0.3 is 15.8 Å². The van der Waals surface area contributed by atoms with E-state index in [0.717, 1.165) is 23.9 Å². The van der Waals surface area contributed by atoms with Gasteiger partial charge in [0.05, 0.1) is 0 Å². The van der Waals surface area contributed by atoms with Crippen LogP contribution < -0.4 is 15.8 Å². The number of rotatable bonds is 4. The second-order valence-electron chi connectivity index (χ2n) is 6.47. The largest absolute Gasteiger partial charge is 0.473 e. The standard InChI is InChI=1S/C20H22N4O/c21-18-19(22-13-23-20(18)25-15-9-2-1-3-10-15)24-17-12-6-8-14-7-4-5-11-16(14)17/h4-8,11-13,15H,1-3,9-10,21H2,(H,22,23,24). The van der Waals surface area contributed by atoms with Gasteiger partial charge in [0.2, 0.25) is 5.88 Å². The first-order valence-electron chi connectivity index (χ1n) is 8.83. The molecule has 0 amide bonds. The first-order valence-corrected chi connectivity index (χ1v) is 8.83. The van der Waals surface area contributed by atoms with Crippen molar-refractivity contribution >= 4 is 28.0 Å². The van der Waals surface area contributed by atoms with E-state index in [1.807, 2.05) is 24.3 Å². The van der Waals surface area contributed by atoms with E-state index in [4.69, 9.17) is 10.5 Å². The molecule has 2 aromatic carbocycles. The maximum absolute atomic E-state index is 6.28. The fourth-order valence-corrected chi connectivity index (χ4v) is 3.38. The summed E-state index contributed by atoms with van der Waals surface area (Å²) < 4.78 is 6.04. The number of benzene rings is 2. The van der Waals surface area contributed by atoms with Crippen LogP contribution in [0, 0.1) is 0 Å². The molecule has 0 bridgehead atoms. The predicted molar refractivity (Wildman–Crippen MR) is 101 cm³/mol. The van der Waals surface area contributed by atoms with Crippen LogP contribution in [-0.2, 0) is 0 Å². The molecule has 1 fully saturated rings. The summed E-state index contributed by atoms with van der Waals surface area (Å²) in [6, 6.07) is 14.3. The van der Waals surface area contributed by atoms with Crippen LogP contribution in [-0.4, -0.2) is 16.1 Å². The van der Waals surface area contributed by atoms with Crippen molar-refractivity contribution in [1.82, 2.24) is 9.97 Å². The van der Waals surface area contributed by atoms with Crippen molar-refractivity contribution in [2.75, 3.05) is 11.1 Å². The van der Waals surface area contributed by atoms with Crippen molar-refractivity contribution in [2.45, 2.75) is 38.2 Å². The summed E-state index contributed by atoms with van der Waals surface area (Å²) >= 11 is 0. The quantitative estimate of drug-likeness (QED) is 0.725. The number of hydrogen-bond donors (Lipinski definition) is 2. The van der Waals surface area contributed by atoms with E-state index in [9.17, 15) is 0 Å². The molecule has 1 saturated carbocycles. The molecule has 0 unspecified atom stereocenters. The maximum atomic E-state index is 6.28. The molecule has 128 valence electrons. The number of ether oxygens (including phenoxy) is 1. The molecule has 1 aliphatic carbocycles. The van der Waals surface area contributed by atoms with Gasteiger partial charge in [0, 0.05) is 11.1 Å². The molecule has 3 N–H and O–H groups in total. The summed E-state index contributed by atoms with van der Waals surface area (Å²) in [7, 11) is 0. The van der Waals surface area contributed by atoms with Crippen molar-refractivity contribution in [1.29, 1.82) is 0 Å². The van der Waals surface area contributed by atoms with E-state index in [-0.39, 0.29) is 6.10 Å². The summed E-state index contributed by atoms with van der Waals surface area (Å²) in [5.74, 6) is 1.06. The van der Waals surface area contributed by atoms with Crippen LogP contribution in [0.25, 0.3) is 10.8 Å². The number of nitrogens with one attached hydrogen (secondary N) is 1. The fourth-order valence-electron chi connectivity index (χ4n) is 3.38. The van der Waals surface area contributed by atoms with Gasteiger partial charge in [-0.25, -0.2) is 4.98 Å². The topological polar surface area (TPSA) is 73.1 Å². The molecule has 0 spiro atoms. The Bertz CT molecular complexity index is 869. The highest BCUT2D eigenvalue weighted by Crippen LogP contribution is 2.32. The highest BCUT2D eigenvalue weighted by atomic mass is 16.5. The van der Waals surface area contributed by atoms with Crippen LogP contribution in [0.3, 0.4) is 0 Å². The number of aromatic nitrogens is 2. The van der Waals surface area contributed by atoms with Crippen molar-refractivity contribution in [3.05, 3.63) is 48.8 Å². The van der Waals surface area contributed by atoms with Gasteiger partial charge in [-0.3, -0.25) is 0 Å². The lowest BCUT2D eigenvalue weighted by atomic mass is 9.98. The van der Waals surface area contributed by atoms with Gasteiger partial charge in [-0.15, -0.1) is 0 Å². The summed E-state index contributed by atoms with van der Waals surface area (Å²) in [4.78, 5) is 8.55. The van der Waals surface area contributed by atoms with Gasteiger partial charge in [-0.1, -0.05) is 42.8 Å². The molecule has 0 aliphatic heterocycles. The highest BCUT2D eigenvalue weighted by molar-refractivity contribution is 5.95. The van der Waals surface area contributed by atoms with Crippen molar-refractivity contribution in [3.63, 3.8) is 0 Å². The molecule has 0 atom stereocenters. The first-order chi connectivity index (χ1) is 12.3. The van der Waals surface area contributed by atoms with Crippen LogP contribution in [0.2, 0.25) is 0 Å². The number of fused-ring (bicyclic) bond motifs is 1. The minimum Gasteiger partial charge on any atom is -0.473 e. The Balaban J connectivity index is 1.61. The molecule has 5 nitrogen and oxygen atoms in total. The third-order valence-corrected chi connectivity index (χ3v) is 4.72. The van der Waals surface area contributed by atoms with Gasteiger partial charge in [-0.2, -0.15) is 4.98 Å². The molecule has 0 radical (unpaired) electrons. The predicted octanol–water partition coefficient (Wildman–Crippen LogP) is 4.67. The van der Waals surface area contributed by atoms with Crippen LogP contribution in [0.5, 0.6) is 5.88 Å². The van der Waals surface area contributed by atoms with Gasteiger partial charge >= 0.3 is 0 Å². The molecular formula is C20H22N4O. The Kier molecular flexibility index (Phi) is 4.37. The highest BCUT2D eigenvalue weighted by Gasteiger charge is 2.18. The molecule has 1 aliphatic rings. The Labute approximate surface area is 147 Å². The number of nitrogens with two attached hydrogens (primary N) is 1. The molecule has 5 heteroatoms. The van der Waals surface area contributed by atoms with E-state index < -0.39 is 0 Å². The third-order valence-electron chi connectivity index (χ3n) is 4.72. The SMILES string of the molecule is Nc1c(Nc2cccc3ccccc23)ncnc1OC1CCCCC1. The molecule has 0 saturated heterocycles. The molecule has 4 rings (SSSR count). The zero-order valence-corrected chi connectivity index (χ0v) is 14.1. The summed E-state index contributed by atoms with van der Waals surface area (Å²) in [6.45, 7) is 0. The Morgan fingerprint density at radius 1 is 0.960 bits per heavy atom. The summed E-state index contributed by atoms with van der Waals surface area (Å²) in [5, 5.41) is 5.63. The lowest BCUT2D eigenvalue weighted by molar-refractivity contribution is 0.149. The van der Waals surface area contributed by atoms with Crippen LogP contribution in [0.15, 0.2) is 48.8 Å². The summed E-state index contributed by atoms with van der Waals surface area (Å²) in [6.07, 6.45) is 7.53. The number of nitrogens with zero attached hydrogens (tertiary/aromatic N) is 2. The van der Waals surface area contributed by atoms with Crippen molar-refractivity contribution in [3.8, 4) is 5.88 Å². The van der Waals surface area contributed by atoms with E-state index in [0.29, 0.717) is 17.4 Å². The zero-order valence-electron chi connectivity index (χ0n) is 14.1. The second-order valence-corrected chi connectivity index (χ2v) is 6.47. The minimum absolute atomic E-state index is 0.205. The van der Waals surface area contributed by atoms with Crippen LogP contribution in [0.4, 0.5) is 17.2 Å². The van der Waals surface area contributed by atoms with E-state index in [1.165, 1.54) is 31.0 Å². The Morgan fingerprint density at radius 3 is 2.64 bits per heavy atom. The van der Waals surface area contributed by atoms with Gasteiger partial charge in [-0.05, 0) is 37.1 Å². The smallest absolute Gasteiger partial charge is 0.242 e. The van der Waals surface area contributed by atoms with Crippen molar-refractivity contribution < 1.29 is 4.74 Å². The van der Waals surface area contributed by atoms with Gasteiger partial charge in [0.15, 0.2) is 5.82 Å². The average Bonchev–Trinajstić information content (AvgIpc) is 2.66. The lowest BCUT2D eigenvalue weighted by Crippen LogP contribution is -2.21. The molecule has 1 aromatic heterocycles. The number of anilines is 3. The monoisotopic (exact) mass is 334 g/mol. The molecule has 3 aromatic rings. The summed E-state index contributed by atoms with van der Waals surface area (Å²) in [5.41, 5.74) is 7.70. The fraction of sp³-hybridized carbons (Fsp3) is 0.300. The molecular weight excluding hydrogens is 312 g/mol. The van der Waals surface area contributed by atoms with E-state index in [2.05, 4.69) is 33.5 Å². The normalized spacial score (nSPS) is 15.2. The zero-order chi connectivity index (χ0) is 17.1. The maximum Gasteiger partial charge on any atom is 0.242 e. The van der Waals surface area contributed by atoms with Crippen LogP contribution >= 0.6 is 0 Å². The minimum atomic E-state index is 0.205.